The molecule has 5 N–H and O–H groups in total. The predicted molar refractivity (Wildman–Crippen MR) is 81.5 cm³/mol. The molecule has 2 rings (SSSR count). The largest absolute Gasteiger partial charge is 0.465 e. The van der Waals surface area contributed by atoms with Crippen LogP contribution in [0, 0.1) is 0 Å². The van der Waals surface area contributed by atoms with Crippen LogP contribution in [0.15, 0.2) is 24.3 Å². The number of nitrogens with one attached hydrogen (secondary N) is 3. The topological polar surface area (TPSA) is 105 Å². The third-order valence-corrected chi connectivity index (χ3v) is 4.32. The maximum absolute atomic E-state index is 12.1. The lowest BCUT2D eigenvalue weighted by atomic mass is 10.1. The van der Waals surface area contributed by atoms with Crippen molar-refractivity contribution in [2.45, 2.75) is 17.2 Å². The summed E-state index contributed by atoms with van der Waals surface area (Å²) >= 11 is 1.56. The molecule has 1 aromatic rings. The highest BCUT2D eigenvalue weighted by atomic mass is 32.2. The van der Waals surface area contributed by atoms with Gasteiger partial charge in [-0.25, -0.2) is 10.2 Å². The molecule has 0 aromatic heterocycles. The third-order valence-electron chi connectivity index (χ3n) is 3.03. The molecule has 114 valence electrons. The Morgan fingerprint density at radius 3 is 2.90 bits per heavy atom. The van der Waals surface area contributed by atoms with Gasteiger partial charge in [-0.05, 0) is 12.1 Å². The molecule has 8 heteroatoms. The number of hydrogen-bond acceptors (Lipinski definition) is 7. The first-order valence-electron chi connectivity index (χ1n) is 6.46. The number of hydrogen-bond donors (Lipinski definition) is 4. The van der Waals surface area contributed by atoms with E-state index in [0.29, 0.717) is 24.2 Å². The minimum atomic E-state index is -0.477. The van der Waals surface area contributed by atoms with Crippen molar-refractivity contribution in [1.29, 1.82) is 0 Å². The average molecular weight is 310 g/mol. The van der Waals surface area contributed by atoms with Crippen LogP contribution in [0.2, 0.25) is 0 Å². The van der Waals surface area contributed by atoms with E-state index < -0.39 is 5.97 Å². The van der Waals surface area contributed by atoms with Gasteiger partial charge in [-0.3, -0.25) is 16.0 Å². The minimum Gasteiger partial charge on any atom is -0.465 e. The fourth-order valence-electron chi connectivity index (χ4n) is 2.03. The smallest absolute Gasteiger partial charge is 0.339 e. The summed E-state index contributed by atoms with van der Waals surface area (Å²) < 4.78 is 4.69. The first-order chi connectivity index (χ1) is 10.1. The van der Waals surface area contributed by atoms with Gasteiger partial charge in [-0.2, -0.15) is 0 Å². The first-order valence-corrected chi connectivity index (χ1v) is 7.40. The van der Waals surface area contributed by atoms with E-state index in [-0.39, 0.29) is 16.7 Å². The summed E-state index contributed by atoms with van der Waals surface area (Å²) in [6.07, 6.45) is 0.339. The lowest BCUT2D eigenvalue weighted by molar-refractivity contribution is -0.116. The van der Waals surface area contributed by atoms with Crippen LogP contribution in [0.3, 0.4) is 0 Å². The Hall–Kier alpha value is -1.61. The number of carbonyl (C=O) groups is 2. The van der Waals surface area contributed by atoms with Crippen LogP contribution < -0.4 is 21.9 Å². The Kier molecular flexibility index (Phi) is 5.57. The Bertz CT molecular complexity index is 526. The van der Waals surface area contributed by atoms with Gasteiger partial charge in [-0.1, -0.05) is 12.1 Å². The quantitative estimate of drug-likeness (QED) is 0.351. The molecular weight excluding hydrogens is 292 g/mol. The molecule has 0 radical (unpaired) electrons. The zero-order valence-corrected chi connectivity index (χ0v) is 12.4. The molecule has 0 saturated carbocycles. The van der Waals surface area contributed by atoms with Crippen molar-refractivity contribution < 1.29 is 14.3 Å². The van der Waals surface area contributed by atoms with Gasteiger partial charge in [0.2, 0.25) is 5.91 Å². The molecule has 21 heavy (non-hydrogen) atoms. The number of hydrazine groups is 1. The highest BCUT2D eigenvalue weighted by Crippen LogP contribution is 2.24. The number of ether oxygens (including phenoxy) is 1. The number of para-hydroxylation sites is 1. The second-order valence-electron chi connectivity index (χ2n) is 4.50. The van der Waals surface area contributed by atoms with Gasteiger partial charge < -0.3 is 10.1 Å². The maximum Gasteiger partial charge on any atom is 0.339 e. The van der Waals surface area contributed by atoms with Gasteiger partial charge in [0.25, 0.3) is 0 Å². The van der Waals surface area contributed by atoms with Gasteiger partial charge in [0.05, 0.1) is 18.4 Å². The summed E-state index contributed by atoms with van der Waals surface area (Å²) in [5, 5.41) is 6.03. The van der Waals surface area contributed by atoms with Crippen LogP contribution in [0.25, 0.3) is 0 Å². The molecule has 1 aliphatic heterocycles. The van der Waals surface area contributed by atoms with E-state index in [0.717, 1.165) is 0 Å². The zero-order chi connectivity index (χ0) is 15.2. The lowest BCUT2D eigenvalue weighted by Gasteiger charge is -2.12. The van der Waals surface area contributed by atoms with Gasteiger partial charge in [0.1, 0.15) is 5.50 Å². The number of methoxy groups -OCH3 is 1. The SMILES string of the molecule is COC(=O)c1ccccc1NC(=O)CC1CNC(NN)S1. The maximum atomic E-state index is 12.1. The summed E-state index contributed by atoms with van der Waals surface area (Å²) in [6, 6.07) is 6.76. The van der Waals surface area contributed by atoms with Crippen molar-refractivity contribution >= 4 is 29.3 Å². The summed E-state index contributed by atoms with van der Waals surface area (Å²) in [7, 11) is 1.31. The molecule has 0 aliphatic carbocycles. The predicted octanol–water partition coefficient (Wildman–Crippen LogP) is 0.254. The fraction of sp³-hybridized carbons (Fsp3) is 0.385. The van der Waals surface area contributed by atoms with Crippen molar-refractivity contribution in [2.24, 2.45) is 5.84 Å². The van der Waals surface area contributed by atoms with Crippen molar-refractivity contribution in [2.75, 3.05) is 19.0 Å². The summed E-state index contributed by atoms with van der Waals surface area (Å²) in [6.45, 7) is 0.700. The molecular formula is C13H18N4O3S. The zero-order valence-electron chi connectivity index (χ0n) is 11.6. The molecule has 1 amide bonds. The average Bonchev–Trinajstić information content (AvgIpc) is 2.94. The van der Waals surface area contributed by atoms with Gasteiger partial charge in [0.15, 0.2) is 0 Å². The van der Waals surface area contributed by atoms with Crippen molar-refractivity contribution in [3.63, 3.8) is 0 Å². The first kappa shape index (κ1) is 15.8. The monoisotopic (exact) mass is 310 g/mol. The van der Waals surface area contributed by atoms with E-state index in [9.17, 15) is 9.59 Å². The van der Waals surface area contributed by atoms with Gasteiger partial charge in [0, 0.05) is 18.2 Å². The Morgan fingerprint density at radius 1 is 1.48 bits per heavy atom. The van der Waals surface area contributed by atoms with Crippen LogP contribution in [-0.4, -0.2) is 36.3 Å². The van der Waals surface area contributed by atoms with E-state index >= 15 is 0 Å². The lowest BCUT2D eigenvalue weighted by Crippen LogP contribution is -2.39. The number of esters is 1. The number of rotatable bonds is 5. The van der Waals surface area contributed by atoms with Crippen molar-refractivity contribution in [1.82, 2.24) is 10.7 Å². The summed E-state index contributed by atoms with van der Waals surface area (Å²) in [5.41, 5.74) is 3.37. The number of carbonyl (C=O) groups excluding carboxylic acids is 2. The van der Waals surface area contributed by atoms with E-state index in [1.54, 1.807) is 36.0 Å². The molecule has 1 heterocycles. The normalized spacial score (nSPS) is 21.0. The van der Waals surface area contributed by atoms with E-state index in [2.05, 4.69) is 16.1 Å². The fourth-order valence-corrected chi connectivity index (χ4v) is 3.13. The van der Waals surface area contributed by atoms with Crippen molar-refractivity contribution in [3.8, 4) is 0 Å². The van der Waals surface area contributed by atoms with Crippen molar-refractivity contribution in [3.05, 3.63) is 29.8 Å². The number of nitrogens with two attached hydrogens (primary N) is 1. The summed E-state index contributed by atoms with van der Waals surface area (Å²) in [4.78, 5) is 23.7. The van der Waals surface area contributed by atoms with E-state index in [1.165, 1.54) is 7.11 Å². The number of anilines is 1. The minimum absolute atomic E-state index is 0.0369. The van der Waals surface area contributed by atoms with Crippen LogP contribution in [0.4, 0.5) is 5.69 Å². The van der Waals surface area contributed by atoms with E-state index in [4.69, 9.17) is 10.6 Å². The standard InChI is InChI=1S/C13H18N4O3S/c1-20-12(19)9-4-2-3-5-10(9)16-11(18)6-8-7-15-13(17-14)21-8/h2-5,8,13,15,17H,6-7,14H2,1H3,(H,16,18). The molecule has 1 saturated heterocycles. The summed E-state index contributed by atoms with van der Waals surface area (Å²) in [5.74, 6) is 4.71. The van der Waals surface area contributed by atoms with Crippen LogP contribution >= 0.6 is 11.8 Å². The molecule has 2 unspecified atom stereocenters. The molecule has 1 aromatic carbocycles. The molecule has 1 fully saturated rings. The van der Waals surface area contributed by atoms with E-state index in [1.807, 2.05) is 0 Å². The highest BCUT2D eigenvalue weighted by Gasteiger charge is 2.26. The Balaban J connectivity index is 1.95. The van der Waals surface area contributed by atoms with Gasteiger partial charge in [-0.15, -0.1) is 11.8 Å². The number of thioether (sulfide) groups is 1. The molecule has 0 spiro atoms. The molecule has 2 atom stereocenters. The van der Waals surface area contributed by atoms with Crippen LogP contribution in [0.5, 0.6) is 0 Å². The molecule has 1 aliphatic rings. The van der Waals surface area contributed by atoms with Crippen LogP contribution in [0.1, 0.15) is 16.8 Å². The Labute approximate surface area is 126 Å². The van der Waals surface area contributed by atoms with Gasteiger partial charge >= 0.3 is 5.97 Å². The van der Waals surface area contributed by atoms with Crippen LogP contribution in [-0.2, 0) is 9.53 Å². The second kappa shape index (κ2) is 7.41. The molecule has 0 bridgehead atoms. The third kappa shape index (κ3) is 4.18. The molecule has 7 nitrogen and oxygen atoms in total. The highest BCUT2D eigenvalue weighted by molar-refractivity contribution is 8.00. The Morgan fingerprint density at radius 2 is 2.24 bits per heavy atom. The number of amides is 1. The second-order valence-corrected chi connectivity index (χ2v) is 5.91. The number of benzene rings is 1.